The van der Waals surface area contributed by atoms with Gasteiger partial charge in [-0.15, -0.1) is 0 Å². The number of ether oxygens (including phenoxy) is 1. The second-order valence-electron chi connectivity index (χ2n) is 5.44. The Morgan fingerprint density at radius 1 is 1.53 bits per heavy atom. The van der Waals surface area contributed by atoms with E-state index in [4.69, 9.17) is 16.3 Å². The first-order valence-corrected chi connectivity index (χ1v) is 7.60. The fourth-order valence-electron chi connectivity index (χ4n) is 2.41. The summed E-state index contributed by atoms with van der Waals surface area (Å²) in [5, 5.41) is 3.66. The molecule has 1 saturated carbocycles. The van der Waals surface area contributed by atoms with Gasteiger partial charge >= 0.3 is 0 Å². The number of hydrogen-bond donors (Lipinski definition) is 1. The van der Waals surface area contributed by atoms with Gasteiger partial charge in [0, 0.05) is 27.7 Å². The molecule has 1 fully saturated rings. The molecule has 0 aromatic heterocycles. The van der Waals surface area contributed by atoms with E-state index in [0.29, 0.717) is 10.6 Å². The second-order valence-corrected chi connectivity index (χ2v) is 7.01. The lowest BCUT2D eigenvalue weighted by molar-refractivity contribution is -0.0942. The van der Waals surface area contributed by atoms with Crippen molar-refractivity contribution >= 4 is 40.1 Å². The second kappa shape index (κ2) is 5.58. The van der Waals surface area contributed by atoms with Crippen LogP contribution in [-0.4, -0.2) is 25.2 Å². The summed E-state index contributed by atoms with van der Waals surface area (Å²) in [5.74, 6) is -0.0778. The lowest BCUT2D eigenvalue weighted by Gasteiger charge is -2.51. The van der Waals surface area contributed by atoms with Gasteiger partial charge < -0.3 is 10.1 Å². The minimum atomic E-state index is -0.0778. The zero-order valence-corrected chi connectivity index (χ0v) is 14.1. The average molecular weight is 394 g/mol. The van der Waals surface area contributed by atoms with Gasteiger partial charge in [0.1, 0.15) is 0 Å². The summed E-state index contributed by atoms with van der Waals surface area (Å²) in [6, 6.07) is 5.49. The minimum Gasteiger partial charge on any atom is -0.381 e. The first-order valence-electron chi connectivity index (χ1n) is 6.15. The van der Waals surface area contributed by atoms with Gasteiger partial charge in [0.2, 0.25) is 0 Å². The van der Waals surface area contributed by atoms with Crippen LogP contribution in [0.3, 0.4) is 0 Å². The molecule has 1 amide bonds. The quantitative estimate of drug-likeness (QED) is 0.799. The van der Waals surface area contributed by atoms with Crippen molar-refractivity contribution in [1.29, 1.82) is 0 Å². The monoisotopic (exact) mass is 393 g/mol. The smallest absolute Gasteiger partial charge is 0.251 e. The molecule has 0 heterocycles. The van der Waals surface area contributed by atoms with Crippen molar-refractivity contribution in [1.82, 2.24) is 5.32 Å². The summed E-state index contributed by atoms with van der Waals surface area (Å²) in [6.45, 7) is 4.22. The van der Waals surface area contributed by atoms with E-state index in [2.05, 4.69) is 41.8 Å². The van der Waals surface area contributed by atoms with E-state index >= 15 is 0 Å². The number of rotatable bonds is 3. The standard InChI is InChI=1S/C14H17ClINO2/c1-14(2)11(7-12(14)19-3)17-13(18)8-4-5-10(16)9(15)6-8/h4-6,11-12H,7H2,1-3H3,(H,17,18). The van der Waals surface area contributed by atoms with Crippen molar-refractivity contribution in [3.05, 3.63) is 32.4 Å². The predicted molar refractivity (Wildman–Crippen MR) is 84.6 cm³/mol. The Hall–Kier alpha value is -0.330. The maximum atomic E-state index is 12.2. The number of nitrogens with one attached hydrogen (secondary N) is 1. The van der Waals surface area contributed by atoms with Gasteiger partial charge in [-0.25, -0.2) is 0 Å². The van der Waals surface area contributed by atoms with E-state index in [1.807, 2.05) is 6.07 Å². The Kier molecular flexibility index (Phi) is 4.42. The lowest BCUT2D eigenvalue weighted by Crippen LogP contribution is -2.61. The third kappa shape index (κ3) is 2.90. The van der Waals surface area contributed by atoms with Crippen molar-refractivity contribution in [2.45, 2.75) is 32.4 Å². The molecular weight excluding hydrogens is 377 g/mol. The number of benzene rings is 1. The van der Waals surface area contributed by atoms with Gasteiger partial charge in [0.25, 0.3) is 5.91 Å². The highest BCUT2D eigenvalue weighted by molar-refractivity contribution is 14.1. The molecule has 0 spiro atoms. The molecule has 5 heteroatoms. The summed E-state index contributed by atoms with van der Waals surface area (Å²) in [5.41, 5.74) is 0.569. The van der Waals surface area contributed by atoms with E-state index in [9.17, 15) is 4.79 Å². The van der Waals surface area contributed by atoms with E-state index < -0.39 is 0 Å². The molecule has 0 aliphatic heterocycles. The highest BCUT2D eigenvalue weighted by Crippen LogP contribution is 2.42. The van der Waals surface area contributed by atoms with Crippen LogP contribution in [0.5, 0.6) is 0 Å². The fraction of sp³-hybridized carbons (Fsp3) is 0.500. The van der Waals surface area contributed by atoms with Crippen molar-refractivity contribution in [2.75, 3.05) is 7.11 Å². The molecule has 1 N–H and O–H groups in total. The maximum absolute atomic E-state index is 12.2. The number of carbonyl (C=O) groups excluding carboxylic acids is 1. The molecule has 1 aliphatic carbocycles. The Morgan fingerprint density at radius 2 is 2.21 bits per heavy atom. The van der Waals surface area contributed by atoms with Crippen molar-refractivity contribution in [2.24, 2.45) is 5.41 Å². The summed E-state index contributed by atoms with van der Waals surface area (Å²) in [6.07, 6.45) is 1.06. The van der Waals surface area contributed by atoms with Crippen LogP contribution in [0.2, 0.25) is 5.02 Å². The molecule has 1 aliphatic rings. The largest absolute Gasteiger partial charge is 0.381 e. The molecular formula is C14H17ClINO2. The van der Waals surface area contributed by atoms with Gasteiger partial charge in [-0.2, -0.15) is 0 Å². The molecule has 0 radical (unpaired) electrons. The van der Waals surface area contributed by atoms with Crippen molar-refractivity contribution in [3.63, 3.8) is 0 Å². The minimum absolute atomic E-state index is 0.0303. The Balaban J connectivity index is 2.04. The summed E-state index contributed by atoms with van der Waals surface area (Å²) in [7, 11) is 1.71. The number of hydrogen-bond acceptors (Lipinski definition) is 2. The number of carbonyl (C=O) groups is 1. The maximum Gasteiger partial charge on any atom is 0.251 e. The molecule has 2 rings (SSSR count). The Morgan fingerprint density at radius 3 is 2.74 bits per heavy atom. The number of methoxy groups -OCH3 is 1. The van der Waals surface area contributed by atoms with Crippen LogP contribution < -0.4 is 5.32 Å². The van der Waals surface area contributed by atoms with Crippen LogP contribution in [0.4, 0.5) is 0 Å². The summed E-state index contributed by atoms with van der Waals surface area (Å²) < 4.78 is 6.32. The zero-order valence-electron chi connectivity index (χ0n) is 11.2. The van der Waals surface area contributed by atoms with Crippen LogP contribution in [0.25, 0.3) is 0 Å². The molecule has 0 saturated heterocycles. The van der Waals surface area contributed by atoms with Gasteiger partial charge in [-0.1, -0.05) is 25.4 Å². The normalized spacial score (nSPS) is 24.7. The van der Waals surface area contributed by atoms with E-state index in [1.54, 1.807) is 19.2 Å². The van der Waals surface area contributed by atoms with Crippen LogP contribution in [0.15, 0.2) is 18.2 Å². The molecule has 1 aromatic carbocycles. The van der Waals surface area contributed by atoms with Crippen LogP contribution in [0, 0.1) is 8.99 Å². The molecule has 104 valence electrons. The van der Waals surface area contributed by atoms with Gasteiger partial charge in [0.15, 0.2) is 0 Å². The molecule has 1 aromatic rings. The SMILES string of the molecule is COC1CC(NC(=O)c2ccc(I)c(Cl)c2)C1(C)C. The van der Waals surface area contributed by atoms with Crippen molar-refractivity contribution < 1.29 is 9.53 Å². The van der Waals surface area contributed by atoms with Crippen LogP contribution >= 0.6 is 34.2 Å². The molecule has 3 nitrogen and oxygen atoms in total. The Bertz CT molecular complexity index is 504. The van der Waals surface area contributed by atoms with Crippen LogP contribution in [0.1, 0.15) is 30.6 Å². The number of halogens is 2. The van der Waals surface area contributed by atoms with E-state index in [1.165, 1.54) is 0 Å². The predicted octanol–water partition coefficient (Wildman–Crippen LogP) is 3.49. The molecule has 19 heavy (non-hydrogen) atoms. The summed E-state index contributed by atoms with van der Waals surface area (Å²) in [4.78, 5) is 12.2. The van der Waals surface area contributed by atoms with E-state index in [0.717, 1.165) is 9.99 Å². The van der Waals surface area contributed by atoms with Gasteiger partial charge in [0.05, 0.1) is 11.1 Å². The highest BCUT2D eigenvalue weighted by Gasteiger charge is 2.49. The van der Waals surface area contributed by atoms with Crippen molar-refractivity contribution in [3.8, 4) is 0 Å². The topological polar surface area (TPSA) is 38.3 Å². The van der Waals surface area contributed by atoms with Crippen LogP contribution in [-0.2, 0) is 4.74 Å². The summed E-state index contributed by atoms with van der Waals surface area (Å²) >= 11 is 8.18. The third-order valence-electron chi connectivity index (χ3n) is 3.95. The average Bonchev–Trinajstić information content (AvgIpc) is 2.36. The fourth-order valence-corrected chi connectivity index (χ4v) is 2.93. The Labute approximate surface area is 132 Å². The molecule has 0 bridgehead atoms. The van der Waals surface area contributed by atoms with Gasteiger partial charge in [-0.3, -0.25) is 4.79 Å². The first kappa shape index (κ1) is 15.1. The first-order chi connectivity index (χ1) is 8.86. The highest BCUT2D eigenvalue weighted by atomic mass is 127. The molecule has 2 atom stereocenters. The van der Waals surface area contributed by atoms with Gasteiger partial charge in [-0.05, 0) is 47.2 Å². The van der Waals surface area contributed by atoms with E-state index in [-0.39, 0.29) is 23.5 Å². The molecule has 2 unspecified atom stereocenters. The third-order valence-corrected chi connectivity index (χ3v) is 5.52. The lowest BCUT2D eigenvalue weighted by atomic mass is 9.64. The zero-order chi connectivity index (χ0) is 14.2. The number of amides is 1.